The number of hydrogen-bond donors (Lipinski definition) is 11. The Morgan fingerprint density at radius 1 is 0.488 bits per heavy atom. The normalized spacial score (nSPS) is 13.7. The molecular formula is C66H104BCl8F15N22O11. The highest BCUT2D eigenvalue weighted by atomic mass is 35.5. The third-order valence-electron chi connectivity index (χ3n) is 14.6. The molecule has 2 aromatic carbocycles. The van der Waals surface area contributed by atoms with Crippen molar-refractivity contribution >= 4 is 148 Å². The number of nitrogens with zero attached hydrogens (tertiary/aromatic N) is 17. The summed E-state index contributed by atoms with van der Waals surface area (Å²) >= 11 is 39.6. The summed E-state index contributed by atoms with van der Waals surface area (Å²) in [7, 11) is 14.4. The van der Waals surface area contributed by atoms with Crippen LogP contribution >= 0.6 is 93.6 Å². The van der Waals surface area contributed by atoms with Crippen molar-refractivity contribution in [3.8, 4) is 11.3 Å². The van der Waals surface area contributed by atoms with Crippen LogP contribution in [0.25, 0.3) is 11.3 Å². The summed E-state index contributed by atoms with van der Waals surface area (Å²) in [5.74, 6) is 0.610. The van der Waals surface area contributed by atoms with Crippen LogP contribution in [0.3, 0.4) is 0 Å². The Bertz CT molecular complexity index is 3860. The molecule has 708 valence electrons. The van der Waals surface area contributed by atoms with E-state index < -0.39 is 105 Å². The zero-order chi connectivity index (χ0) is 95.1. The van der Waals surface area contributed by atoms with Gasteiger partial charge in [-0.25, -0.2) is 9.59 Å². The number of nitrogens with one attached hydrogen (secondary N) is 2. The maximum atomic E-state index is 12.4. The van der Waals surface area contributed by atoms with Gasteiger partial charge in [0.25, 0.3) is 0 Å². The molecule has 0 bridgehead atoms. The summed E-state index contributed by atoms with van der Waals surface area (Å²) in [6.07, 6.45) is -34.2. The van der Waals surface area contributed by atoms with Gasteiger partial charge in [0, 0.05) is 131 Å². The van der Waals surface area contributed by atoms with Gasteiger partial charge in [0.2, 0.25) is 17.2 Å². The molecule has 6 rings (SSSR count). The first-order valence-corrected chi connectivity index (χ1v) is 38.0. The minimum atomic E-state index is -4.65. The lowest BCUT2D eigenvalue weighted by molar-refractivity contribution is -0.207. The molecule has 3 aromatic heterocycles. The average molecular weight is 1960 g/mol. The van der Waals surface area contributed by atoms with E-state index in [-0.39, 0.29) is 124 Å². The van der Waals surface area contributed by atoms with E-state index in [2.05, 4.69) is 60.9 Å². The van der Waals surface area contributed by atoms with Crippen LogP contribution in [-0.2, 0) is 14.2 Å². The smallest absolute Gasteiger partial charge is 0.444 e. The molecule has 0 saturated carbocycles. The number of carbonyl (C=O) groups excluding carboxylic acids is 2. The molecule has 14 N–H and O–H groups in total. The van der Waals surface area contributed by atoms with Crippen molar-refractivity contribution in [3.05, 3.63) is 72.1 Å². The Hall–Kier alpha value is -6.18. The minimum absolute atomic E-state index is 0. The van der Waals surface area contributed by atoms with Crippen molar-refractivity contribution in [2.45, 2.75) is 114 Å². The highest BCUT2D eigenvalue weighted by Gasteiger charge is 2.49. The predicted molar refractivity (Wildman–Crippen MR) is 443 cm³/mol. The zero-order valence-corrected chi connectivity index (χ0v) is 75.4. The lowest BCUT2D eigenvalue weighted by Crippen LogP contribution is -2.43. The van der Waals surface area contributed by atoms with E-state index in [0.29, 0.717) is 48.3 Å². The van der Waals surface area contributed by atoms with Crippen molar-refractivity contribution in [2.75, 3.05) is 196 Å². The second-order valence-electron chi connectivity index (χ2n) is 28.0. The van der Waals surface area contributed by atoms with E-state index in [4.69, 9.17) is 138 Å². The molecule has 33 nitrogen and oxygen atoms in total. The van der Waals surface area contributed by atoms with E-state index in [1.807, 2.05) is 27.8 Å². The highest BCUT2D eigenvalue weighted by molar-refractivity contribution is 6.64. The molecule has 1 saturated heterocycles. The lowest BCUT2D eigenvalue weighted by atomic mass is 9.80. The molecule has 57 heteroatoms. The van der Waals surface area contributed by atoms with E-state index in [1.54, 1.807) is 94.0 Å². The monoisotopic (exact) mass is 1960 g/mol. The van der Waals surface area contributed by atoms with Crippen LogP contribution in [0.1, 0.15) is 41.5 Å². The maximum Gasteiger partial charge on any atom is 0.490 e. The van der Waals surface area contributed by atoms with Gasteiger partial charge in [0.05, 0.1) is 26.7 Å². The number of benzene rings is 2. The number of halogens is 23. The number of anilines is 5. The minimum Gasteiger partial charge on any atom is -0.444 e. The molecule has 1 aliphatic rings. The third kappa shape index (κ3) is 53.9. The first kappa shape index (κ1) is 121. The molecule has 0 unspecified atom stereocenters. The number of likely N-dealkylation sites (N-methyl/N-ethyl adjacent to an activating group) is 10. The predicted octanol–water partition coefficient (Wildman–Crippen LogP) is 8.76. The molecule has 123 heavy (non-hydrogen) atoms. The summed E-state index contributed by atoms with van der Waals surface area (Å²) in [4.78, 5) is 46.0. The number of nitrogens with two attached hydrogens (primary N) is 3. The van der Waals surface area contributed by atoms with Gasteiger partial charge < -0.3 is 112 Å². The number of amides is 2. The first-order chi connectivity index (χ1) is 55.6. The molecule has 0 aliphatic carbocycles. The molecule has 5 atom stereocenters. The van der Waals surface area contributed by atoms with Crippen LogP contribution in [0.2, 0.25) is 35.7 Å². The Morgan fingerprint density at radius 3 is 1.14 bits per heavy atom. The second-order valence-corrected chi connectivity index (χ2v) is 30.6. The SMILES string of the molecule is CN(CCN(C)C(=O)OC(C)(C)C)C[C@H](O)C(F)(F)F.CN(CCN(C)c1nnc(-c2cccc(Cl)c2Cl)c(N)n1)C[C@H](O)C(F)(F)F.CN(CCN(C)c1nnc(Cl)c(N)n1)C[C@H](O)C(F)(F)F.CNCCN(C)C(=O)OC(C)(C)C.CNCCN(C)C[C@H](O)C(F)(F)F.Cl.FC(F)(F)[C@@H]1CO1.Nc1nc(Cl)nnc1Cl.OB(O)c1cccc(Cl)c1Cl. The number of aliphatic hydroxyl groups excluding tert-OH is 4. The van der Waals surface area contributed by atoms with Crippen molar-refractivity contribution in [2.24, 2.45) is 0 Å². The van der Waals surface area contributed by atoms with E-state index in [1.165, 1.54) is 65.8 Å². The number of nitrogen functional groups attached to an aromatic ring is 3. The summed E-state index contributed by atoms with van der Waals surface area (Å²) in [6, 6.07) is 9.67. The van der Waals surface area contributed by atoms with Gasteiger partial charge in [-0.3, -0.25) is 0 Å². The Balaban J connectivity index is -0.00000138. The Labute approximate surface area is 742 Å². The van der Waals surface area contributed by atoms with E-state index in [9.17, 15) is 75.4 Å². The van der Waals surface area contributed by atoms with Gasteiger partial charge in [0.1, 0.15) is 16.9 Å². The number of carbonyl (C=O) groups is 2. The quantitative estimate of drug-likeness (QED) is 0.0133. The van der Waals surface area contributed by atoms with Gasteiger partial charge in [0.15, 0.2) is 58.3 Å². The topological polar surface area (TPSA) is 431 Å². The van der Waals surface area contributed by atoms with E-state index in [0.717, 1.165) is 6.54 Å². The molecule has 2 amide bonds. The van der Waals surface area contributed by atoms with Crippen LogP contribution in [0, 0.1) is 0 Å². The molecule has 1 aliphatic heterocycles. The van der Waals surface area contributed by atoms with Crippen LogP contribution in [-0.4, -0.2) is 366 Å². The van der Waals surface area contributed by atoms with Crippen molar-refractivity contribution in [3.63, 3.8) is 0 Å². The fourth-order valence-electron chi connectivity index (χ4n) is 7.67. The standard InChI is InChI=1S/C16H19Cl2F3N6O.C12H23F3N2O3.C10H16ClF3N6O.C9H20N2O2.C7H15F3N2O.C6H5BCl2O2.C3H2Cl2N4.C3H3F3O.ClH/c1-26(8-11(28)16(19,20)21)6-7-27(2)15-23-14(22)13(24-25-15)9-4-3-5-10(17)12(9)18;1-11(2,3)20-10(19)17(5)7-6-16(4)8-9(18)12(13,14)15;1-19(5-6(21)10(12,13)14)3-4-20(2)9-16-8(15)7(11)17-18-9;1-9(2,3)13-8(12)11(5)7-6-10-4;1-11-3-4-12(2)5-6(13)7(8,9)10;8-5-3-1-2-4(6(5)9)7(10)11;4-1-2(6)7-3(5)9-8-1;4-3(5,6)2-1-7-2;/h3-5,11,28H,6-8H2,1-2H3,(H2,22,23,25);9,18H,6-8H2,1-5H3;6,21H,3-5H2,1-2H3,(H2,15,16,18);10H,6-7H2,1-5H3;6,11,13H,3-5H2,1-2H3;1-3,10-11H;(H2,6,7,9);2H,1H2;1H/t11-;9-;6-;;6-;;;2-;/m000.0..0./s1. The van der Waals surface area contributed by atoms with Gasteiger partial charge in [-0.1, -0.05) is 93.9 Å². The number of alkyl halides is 15. The zero-order valence-electron chi connectivity index (χ0n) is 69.3. The van der Waals surface area contributed by atoms with Gasteiger partial charge >= 0.3 is 50.2 Å². The lowest BCUT2D eigenvalue weighted by Gasteiger charge is -2.27. The Kier molecular flexibility index (Phi) is 56.0. The largest absolute Gasteiger partial charge is 0.490 e. The number of rotatable bonds is 27. The second kappa shape index (κ2) is 56.9. The third-order valence-corrected chi connectivity index (χ3v) is 17.0. The molecule has 0 spiro atoms. The summed E-state index contributed by atoms with van der Waals surface area (Å²) in [5.41, 5.74) is 16.6. The van der Waals surface area contributed by atoms with Crippen molar-refractivity contribution in [1.29, 1.82) is 0 Å². The number of epoxide rings is 1. The fraction of sp³-hybridized carbons (Fsp3) is 0.652. The molecular weight excluding hydrogens is 1860 g/mol. The van der Waals surface area contributed by atoms with Crippen LogP contribution < -0.4 is 43.1 Å². The van der Waals surface area contributed by atoms with Gasteiger partial charge in [-0.05, 0) is 108 Å². The maximum absolute atomic E-state index is 12.4. The highest BCUT2D eigenvalue weighted by Crippen LogP contribution is 2.35. The number of hydrogen-bond acceptors (Lipinski definition) is 31. The fourth-order valence-corrected chi connectivity index (χ4v) is 8.76. The van der Waals surface area contributed by atoms with E-state index >= 15 is 0 Å². The number of aromatic nitrogens is 9. The van der Waals surface area contributed by atoms with Gasteiger partial charge in [-0.15, -0.1) is 43.0 Å². The summed E-state index contributed by atoms with van der Waals surface area (Å²) in [5, 5.41) is 82.1. The summed E-state index contributed by atoms with van der Waals surface area (Å²) < 4.78 is 193. The first-order valence-electron chi connectivity index (χ1n) is 35.3. The number of aliphatic hydroxyl groups is 4. The number of ether oxygens (including phenoxy) is 3. The van der Waals surface area contributed by atoms with Crippen LogP contribution in [0.15, 0.2) is 36.4 Å². The molecule has 4 heterocycles. The molecule has 5 aromatic rings. The van der Waals surface area contributed by atoms with Crippen LogP contribution in [0.4, 0.5) is 105 Å². The van der Waals surface area contributed by atoms with Crippen LogP contribution in [0.5, 0.6) is 0 Å². The van der Waals surface area contributed by atoms with Crippen molar-refractivity contribution in [1.82, 2.24) is 85.6 Å². The van der Waals surface area contributed by atoms with Gasteiger partial charge in [-0.2, -0.15) is 80.8 Å². The summed E-state index contributed by atoms with van der Waals surface area (Å²) in [6.45, 7) is 12.6. The Morgan fingerprint density at radius 2 is 0.821 bits per heavy atom. The molecule has 0 radical (unpaired) electrons. The average Bonchev–Trinajstić information content (AvgIpc) is 1.78. The van der Waals surface area contributed by atoms with Crippen molar-refractivity contribution < 1.29 is 120 Å². The molecule has 1 fully saturated rings.